The normalized spacial score (nSPS) is 10.5. The van der Waals surface area contributed by atoms with Gasteiger partial charge >= 0.3 is 12.1 Å². The smallest absolute Gasteiger partial charge is 0.413 e. The van der Waals surface area contributed by atoms with Gasteiger partial charge in [-0.2, -0.15) is 0 Å². The Balaban J connectivity index is 2.44. The Hall–Kier alpha value is -2.57. The Kier molecular flexibility index (Phi) is 4.98. The van der Waals surface area contributed by atoms with Gasteiger partial charge < -0.3 is 10.1 Å². The van der Waals surface area contributed by atoms with Crippen molar-refractivity contribution in [1.82, 2.24) is 14.9 Å². The lowest BCUT2D eigenvalue weighted by atomic mass is 10.2. The van der Waals surface area contributed by atoms with Crippen molar-refractivity contribution in [3.8, 4) is 0 Å². The fourth-order valence-electron chi connectivity index (χ4n) is 2.17. The largest absolute Gasteiger partial charge is 0.453 e. The van der Waals surface area contributed by atoms with Gasteiger partial charge in [-0.15, -0.1) is 0 Å². The number of nitrogens with zero attached hydrogens (tertiary/aromatic N) is 2. The highest BCUT2D eigenvalue weighted by molar-refractivity contribution is 5.97. The first kappa shape index (κ1) is 15.8. The highest BCUT2D eigenvalue weighted by atomic mass is 16.5. The van der Waals surface area contributed by atoms with Crippen molar-refractivity contribution in [3.63, 3.8) is 0 Å². The van der Waals surface area contributed by atoms with E-state index in [1.165, 1.54) is 11.7 Å². The number of aryl methyl sites for hydroxylation is 1. The van der Waals surface area contributed by atoms with Crippen molar-refractivity contribution < 1.29 is 14.3 Å². The first-order chi connectivity index (χ1) is 10.6. The van der Waals surface area contributed by atoms with E-state index in [4.69, 9.17) is 0 Å². The van der Waals surface area contributed by atoms with Crippen LogP contribution in [0.4, 0.5) is 15.5 Å². The van der Waals surface area contributed by atoms with Gasteiger partial charge in [0.15, 0.2) is 0 Å². The molecule has 0 bridgehead atoms. The molecule has 0 fully saturated rings. The van der Waals surface area contributed by atoms with Crippen LogP contribution in [0.5, 0.6) is 0 Å². The zero-order valence-electron chi connectivity index (χ0n) is 13.0. The van der Waals surface area contributed by atoms with Crippen molar-refractivity contribution in [2.45, 2.75) is 26.7 Å². The standard InChI is InChI=1S/C15H20N4O3/c1-4-5-9-16-14(20)19-12-10(2)7-6-8-11(12)17-13(19)18-15(21)22-3/h6-8H,4-5,9H2,1-3H3,(H,16,20)(H,17,18,21). The van der Waals surface area contributed by atoms with Crippen LogP contribution >= 0.6 is 0 Å². The number of hydrogen-bond acceptors (Lipinski definition) is 4. The molecule has 0 saturated heterocycles. The molecule has 1 aromatic heterocycles. The molecule has 0 radical (unpaired) electrons. The predicted octanol–water partition coefficient (Wildman–Crippen LogP) is 2.88. The van der Waals surface area contributed by atoms with Gasteiger partial charge in [-0.05, 0) is 25.0 Å². The Morgan fingerprint density at radius 2 is 2.14 bits per heavy atom. The third kappa shape index (κ3) is 3.19. The number of imidazole rings is 1. The van der Waals surface area contributed by atoms with Gasteiger partial charge in [-0.1, -0.05) is 25.5 Å². The Labute approximate surface area is 128 Å². The fourth-order valence-corrected chi connectivity index (χ4v) is 2.17. The van der Waals surface area contributed by atoms with Crippen molar-refractivity contribution in [2.75, 3.05) is 19.0 Å². The van der Waals surface area contributed by atoms with Gasteiger partial charge in [-0.25, -0.2) is 19.1 Å². The number of anilines is 1. The number of methoxy groups -OCH3 is 1. The molecule has 1 heterocycles. The Morgan fingerprint density at radius 1 is 1.36 bits per heavy atom. The second-order valence-corrected chi connectivity index (χ2v) is 4.92. The van der Waals surface area contributed by atoms with E-state index in [0.717, 1.165) is 18.4 Å². The molecule has 0 aliphatic rings. The second-order valence-electron chi connectivity index (χ2n) is 4.92. The molecule has 7 nitrogen and oxygen atoms in total. The maximum Gasteiger partial charge on any atom is 0.413 e. The van der Waals surface area contributed by atoms with E-state index in [1.54, 1.807) is 6.07 Å². The van der Waals surface area contributed by atoms with Crippen molar-refractivity contribution in [1.29, 1.82) is 0 Å². The first-order valence-corrected chi connectivity index (χ1v) is 7.19. The number of amides is 2. The van der Waals surface area contributed by atoms with Gasteiger partial charge in [0.1, 0.15) is 0 Å². The summed E-state index contributed by atoms with van der Waals surface area (Å²) in [5, 5.41) is 5.31. The summed E-state index contributed by atoms with van der Waals surface area (Å²) in [5.41, 5.74) is 2.20. The van der Waals surface area contributed by atoms with Crippen molar-refractivity contribution >= 4 is 29.1 Å². The molecule has 2 aromatic rings. The molecule has 0 saturated carbocycles. The topological polar surface area (TPSA) is 85.2 Å². The number of hydrogen-bond donors (Lipinski definition) is 2. The molecule has 2 rings (SSSR count). The van der Waals surface area contributed by atoms with Crippen LogP contribution in [0.25, 0.3) is 11.0 Å². The SMILES string of the molecule is CCCCNC(=O)n1c(NC(=O)OC)nc2cccc(C)c21. The van der Waals surface area contributed by atoms with Crippen LogP contribution in [0.3, 0.4) is 0 Å². The monoisotopic (exact) mass is 304 g/mol. The number of fused-ring (bicyclic) bond motifs is 1. The summed E-state index contributed by atoms with van der Waals surface area (Å²) in [6, 6.07) is 5.21. The number of aromatic nitrogens is 2. The summed E-state index contributed by atoms with van der Waals surface area (Å²) in [6.07, 6.45) is 1.20. The van der Waals surface area contributed by atoms with Crippen molar-refractivity contribution in [3.05, 3.63) is 23.8 Å². The number of nitrogens with one attached hydrogen (secondary N) is 2. The maximum atomic E-state index is 12.5. The molecule has 7 heteroatoms. The quantitative estimate of drug-likeness (QED) is 0.850. The maximum absolute atomic E-state index is 12.5. The molecule has 2 amide bonds. The molecule has 0 spiro atoms. The van der Waals surface area contributed by atoms with Gasteiger partial charge in [0.2, 0.25) is 5.95 Å². The number of carbonyl (C=O) groups excluding carboxylic acids is 2. The molecule has 0 aliphatic carbocycles. The van der Waals surface area contributed by atoms with Crippen molar-refractivity contribution in [2.24, 2.45) is 0 Å². The predicted molar refractivity (Wildman–Crippen MR) is 84.2 cm³/mol. The third-order valence-corrected chi connectivity index (χ3v) is 3.29. The minimum absolute atomic E-state index is 0.144. The number of rotatable bonds is 4. The summed E-state index contributed by atoms with van der Waals surface area (Å²) in [6.45, 7) is 4.51. The van der Waals surface area contributed by atoms with Crippen LogP contribution in [0.15, 0.2) is 18.2 Å². The minimum atomic E-state index is -0.671. The molecule has 0 atom stereocenters. The van der Waals surface area contributed by atoms with Crippen LogP contribution < -0.4 is 10.6 Å². The fraction of sp³-hybridized carbons (Fsp3) is 0.400. The number of ether oxygens (including phenoxy) is 1. The van der Waals surface area contributed by atoms with E-state index in [0.29, 0.717) is 17.6 Å². The van der Waals surface area contributed by atoms with E-state index in [1.807, 2.05) is 26.0 Å². The third-order valence-electron chi connectivity index (χ3n) is 3.29. The van der Waals surface area contributed by atoms with Crippen LogP contribution in [0.1, 0.15) is 25.3 Å². The lowest BCUT2D eigenvalue weighted by molar-refractivity contribution is 0.186. The number of benzene rings is 1. The Morgan fingerprint density at radius 3 is 2.82 bits per heavy atom. The molecular weight excluding hydrogens is 284 g/mol. The summed E-state index contributed by atoms with van der Waals surface area (Å²) >= 11 is 0. The van der Waals surface area contributed by atoms with Gasteiger partial charge in [0.25, 0.3) is 0 Å². The lowest BCUT2D eigenvalue weighted by Gasteiger charge is -2.10. The summed E-state index contributed by atoms with van der Waals surface area (Å²) in [5.74, 6) is 0.144. The number of unbranched alkanes of at least 4 members (excludes halogenated alkanes) is 1. The van der Waals surface area contributed by atoms with Gasteiger partial charge in [0.05, 0.1) is 18.1 Å². The summed E-state index contributed by atoms with van der Waals surface area (Å²) in [4.78, 5) is 28.2. The average molecular weight is 304 g/mol. The summed E-state index contributed by atoms with van der Waals surface area (Å²) < 4.78 is 5.95. The first-order valence-electron chi connectivity index (χ1n) is 7.19. The number of carbonyl (C=O) groups is 2. The highest BCUT2D eigenvalue weighted by Crippen LogP contribution is 2.22. The second kappa shape index (κ2) is 6.93. The van der Waals surface area contributed by atoms with E-state index in [2.05, 4.69) is 20.4 Å². The zero-order valence-corrected chi connectivity index (χ0v) is 13.0. The van der Waals surface area contributed by atoms with E-state index in [-0.39, 0.29) is 12.0 Å². The lowest BCUT2D eigenvalue weighted by Crippen LogP contribution is -2.31. The molecule has 22 heavy (non-hydrogen) atoms. The van der Waals surface area contributed by atoms with Crippen LogP contribution in [0, 0.1) is 6.92 Å². The zero-order chi connectivity index (χ0) is 16.1. The molecular formula is C15H20N4O3. The Bertz CT molecular complexity index is 693. The minimum Gasteiger partial charge on any atom is -0.453 e. The molecule has 2 N–H and O–H groups in total. The average Bonchev–Trinajstić information content (AvgIpc) is 2.86. The van der Waals surface area contributed by atoms with Crippen LogP contribution in [-0.2, 0) is 4.74 Å². The molecule has 1 aromatic carbocycles. The van der Waals surface area contributed by atoms with Gasteiger partial charge in [-0.3, -0.25) is 5.32 Å². The van der Waals surface area contributed by atoms with Crippen LogP contribution in [-0.4, -0.2) is 35.3 Å². The van der Waals surface area contributed by atoms with E-state index >= 15 is 0 Å². The van der Waals surface area contributed by atoms with Crippen LogP contribution in [0.2, 0.25) is 0 Å². The summed E-state index contributed by atoms with van der Waals surface area (Å²) in [7, 11) is 1.26. The molecule has 0 unspecified atom stereocenters. The number of para-hydroxylation sites is 1. The van der Waals surface area contributed by atoms with E-state index in [9.17, 15) is 9.59 Å². The molecule has 0 aliphatic heterocycles. The van der Waals surface area contributed by atoms with E-state index < -0.39 is 6.09 Å². The highest BCUT2D eigenvalue weighted by Gasteiger charge is 2.19. The molecule has 118 valence electrons. The van der Waals surface area contributed by atoms with Gasteiger partial charge in [0, 0.05) is 6.54 Å².